The van der Waals surface area contributed by atoms with Crippen molar-refractivity contribution in [1.82, 2.24) is 0 Å². The van der Waals surface area contributed by atoms with Crippen molar-refractivity contribution in [2.75, 3.05) is 0 Å². The topological polar surface area (TPSA) is 0 Å². The zero-order chi connectivity index (χ0) is 11.4. The first-order chi connectivity index (χ1) is 7.86. The minimum Gasteiger partial charge on any atom is -0.0871 e. The smallest absolute Gasteiger partial charge is 0.0149 e. The lowest BCUT2D eigenvalue weighted by molar-refractivity contribution is 1.12. The van der Waals surface area contributed by atoms with Gasteiger partial charge in [-0.05, 0) is 42.0 Å². The molecule has 0 heterocycles. The van der Waals surface area contributed by atoms with Crippen LogP contribution in [0.1, 0.15) is 42.5 Å². The van der Waals surface area contributed by atoms with Crippen LogP contribution in [0.25, 0.3) is 18.2 Å². The zero-order valence-electron chi connectivity index (χ0n) is 10.0. The Morgan fingerprint density at radius 3 is 2.75 bits per heavy atom. The summed E-state index contributed by atoms with van der Waals surface area (Å²) < 4.78 is 0. The number of fused-ring (bicyclic) bond motifs is 1. The molecule has 0 unspecified atom stereocenters. The molecule has 0 nitrogen and oxygen atoms in total. The lowest BCUT2D eigenvalue weighted by Gasteiger charge is -2.11. The standard InChI is InChI=1S/C16H18/c1-3-8-13-11-12-14-9-6-5-7-10-16(14)15(13)4-2/h3,6-12H,4-5H2,1-2H3/b8-3-. The number of benzene rings is 1. The molecule has 0 fully saturated rings. The molecule has 0 bridgehead atoms. The Bertz CT molecular complexity index is 459. The van der Waals surface area contributed by atoms with Crippen molar-refractivity contribution in [1.29, 1.82) is 0 Å². The molecule has 16 heavy (non-hydrogen) atoms. The van der Waals surface area contributed by atoms with Crippen molar-refractivity contribution in [3.63, 3.8) is 0 Å². The van der Waals surface area contributed by atoms with Crippen LogP contribution in [0, 0.1) is 0 Å². The van der Waals surface area contributed by atoms with E-state index < -0.39 is 0 Å². The minimum atomic E-state index is 1.04. The maximum atomic E-state index is 2.27. The highest BCUT2D eigenvalue weighted by atomic mass is 14.1. The largest absolute Gasteiger partial charge is 0.0871 e. The van der Waals surface area contributed by atoms with E-state index in [2.05, 4.69) is 62.4 Å². The van der Waals surface area contributed by atoms with Crippen LogP contribution < -0.4 is 0 Å². The minimum absolute atomic E-state index is 1.04. The molecular weight excluding hydrogens is 192 g/mol. The average molecular weight is 210 g/mol. The summed E-state index contributed by atoms with van der Waals surface area (Å²) in [5, 5.41) is 0. The van der Waals surface area contributed by atoms with E-state index in [9.17, 15) is 0 Å². The van der Waals surface area contributed by atoms with E-state index in [4.69, 9.17) is 0 Å². The van der Waals surface area contributed by atoms with Gasteiger partial charge in [0.2, 0.25) is 0 Å². The molecule has 2 rings (SSSR count). The molecule has 0 aromatic heterocycles. The van der Waals surface area contributed by atoms with E-state index >= 15 is 0 Å². The Morgan fingerprint density at radius 1 is 1.19 bits per heavy atom. The van der Waals surface area contributed by atoms with Gasteiger partial charge in [0.25, 0.3) is 0 Å². The molecule has 0 spiro atoms. The second-order valence-electron chi connectivity index (χ2n) is 4.03. The first-order valence-electron chi connectivity index (χ1n) is 5.98. The molecule has 0 saturated heterocycles. The third-order valence-corrected chi connectivity index (χ3v) is 2.98. The number of rotatable bonds is 2. The maximum absolute atomic E-state index is 2.27. The fraction of sp³-hybridized carbons (Fsp3) is 0.250. The predicted molar refractivity (Wildman–Crippen MR) is 73.2 cm³/mol. The molecule has 0 atom stereocenters. The average Bonchev–Trinajstić information content (AvgIpc) is 2.54. The van der Waals surface area contributed by atoms with Crippen LogP contribution in [-0.2, 0) is 6.42 Å². The Balaban J connectivity index is 2.63. The Morgan fingerprint density at radius 2 is 2.00 bits per heavy atom. The summed E-state index contributed by atoms with van der Waals surface area (Å²) >= 11 is 0. The van der Waals surface area contributed by atoms with Gasteiger partial charge in [0, 0.05) is 0 Å². The van der Waals surface area contributed by atoms with Crippen molar-refractivity contribution >= 4 is 18.2 Å². The molecule has 0 amide bonds. The monoisotopic (exact) mass is 210 g/mol. The molecule has 0 N–H and O–H groups in total. The molecule has 0 saturated carbocycles. The van der Waals surface area contributed by atoms with Crippen LogP contribution in [0.3, 0.4) is 0 Å². The number of hydrogen-bond acceptors (Lipinski definition) is 0. The molecule has 82 valence electrons. The van der Waals surface area contributed by atoms with E-state index in [1.165, 1.54) is 22.3 Å². The van der Waals surface area contributed by atoms with Gasteiger partial charge >= 0.3 is 0 Å². The third-order valence-electron chi connectivity index (χ3n) is 2.98. The molecule has 0 radical (unpaired) electrons. The number of hydrogen-bond donors (Lipinski definition) is 0. The summed E-state index contributed by atoms with van der Waals surface area (Å²) in [6.07, 6.45) is 15.4. The maximum Gasteiger partial charge on any atom is -0.0149 e. The van der Waals surface area contributed by atoms with Crippen molar-refractivity contribution in [2.45, 2.75) is 26.7 Å². The molecule has 1 aliphatic carbocycles. The second-order valence-corrected chi connectivity index (χ2v) is 4.03. The van der Waals surface area contributed by atoms with Gasteiger partial charge in [0.1, 0.15) is 0 Å². The van der Waals surface area contributed by atoms with Gasteiger partial charge < -0.3 is 0 Å². The van der Waals surface area contributed by atoms with Gasteiger partial charge in [-0.15, -0.1) is 0 Å². The Hall–Kier alpha value is -1.56. The van der Waals surface area contributed by atoms with Gasteiger partial charge in [-0.25, -0.2) is 0 Å². The zero-order valence-corrected chi connectivity index (χ0v) is 10.0. The van der Waals surface area contributed by atoms with Gasteiger partial charge in [-0.2, -0.15) is 0 Å². The van der Waals surface area contributed by atoms with Crippen LogP contribution in [0.2, 0.25) is 0 Å². The fourth-order valence-corrected chi connectivity index (χ4v) is 2.23. The SMILES string of the molecule is C/C=C\c1ccc2c(c1CC)C=CCC=C2. The van der Waals surface area contributed by atoms with Gasteiger partial charge in [0.15, 0.2) is 0 Å². The predicted octanol–water partition coefficient (Wildman–Crippen LogP) is 4.71. The summed E-state index contributed by atoms with van der Waals surface area (Å²) in [5.41, 5.74) is 5.55. The summed E-state index contributed by atoms with van der Waals surface area (Å²) in [7, 11) is 0. The van der Waals surface area contributed by atoms with E-state index in [0.29, 0.717) is 0 Å². The molecular formula is C16H18. The summed E-state index contributed by atoms with van der Waals surface area (Å²) in [6, 6.07) is 4.44. The van der Waals surface area contributed by atoms with E-state index in [-0.39, 0.29) is 0 Å². The molecule has 1 aliphatic rings. The van der Waals surface area contributed by atoms with Crippen molar-refractivity contribution < 1.29 is 0 Å². The van der Waals surface area contributed by atoms with Crippen LogP contribution >= 0.6 is 0 Å². The third kappa shape index (κ3) is 2.01. The molecule has 1 aromatic carbocycles. The van der Waals surface area contributed by atoms with Gasteiger partial charge in [-0.1, -0.05) is 55.5 Å². The van der Waals surface area contributed by atoms with Crippen molar-refractivity contribution in [3.05, 3.63) is 52.6 Å². The van der Waals surface area contributed by atoms with Gasteiger partial charge in [0.05, 0.1) is 0 Å². The normalized spacial score (nSPS) is 14.1. The summed E-state index contributed by atoms with van der Waals surface area (Å²) in [6.45, 7) is 4.30. The fourth-order valence-electron chi connectivity index (χ4n) is 2.23. The highest BCUT2D eigenvalue weighted by molar-refractivity contribution is 5.74. The first kappa shape index (κ1) is 10.9. The van der Waals surface area contributed by atoms with E-state index in [1.54, 1.807) is 0 Å². The lowest BCUT2D eigenvalue weighted by atomic mass is 9.94. The Kier molecular flexibility index (Phi) is 3.40. The first-order valence-corrected chi connectivity index (χ1v) is 5.98. The van der Waals surface area contributed by atoms with E-state index in [0.717, 1.165) is 12.8 Å². The van der Waals surface area contributed by atoms with E-state index in [1.807, 2.05) is 0 Å². The highest BCUT2D eigenvalue weighted by Crippen LogP contribution is 2.26. The Labute approximate surface area is 98.0 Å². The van der Waals surface area contributed by atoms with Crippen LogP contribution in [0.15, 0.2) is 30.4 Å². The number of allylic oxidation sites excluding steroid dienone is 3. The summed E-state index contributed by atoms with van der Waals surface area (Å²) in [4.78, 5) is 0. The summed E-state index contributed by atoms with van der Waals surface area (Å²) in [5.74, 6) is 0. The van der Waals surface area contributed by atoms with Gasteiger partial charge in [-0.3, -0.25) is 0 Å². The van der Waals surface area contributed by atoms with Crippen molar-refractivity contribution in [3.8, 4) is 0 Å². The lowest BCUT2D eigenvalue weighted by Crippen LogP contribution is -1.94. The van der Waals surface area contributed by atoms with Crippen LogP contribution in [0.5, 0.6) is 0 Å². The highest BCUT2D eigenvalue weighted by Gasteiger charge is 2.07. The second kappa shape index (κ2) is 4.98. The van der Waals surface area contributed by atoms with Crippen molar-refractivity contribution in [2.24, 2.45) is 0 Å². The molecule has 1 aromatic rings. The van der Waals surface area contributed by atoms with Crippen LogP contribution in [-0.4, -0.2) is 0 Å². The molecule has 0 heteroatoms. The van der Waals surface area contributed by atoms with Crippen LogP contribution in [0.4, 0.5) is 0 Å². The quantitative estimate of drug-likeness (QED) is 0.663. The molecule has 0 aliphatic heterocycles.